The van der Waals surface area contributed by atoms with Crippen LogP contribution in [0.5, 0.6) is 0 Å². The summed E-state index contributed by atoms with van der Waals surface area (Å²) >= 11 is 1.55. The van der Waals surface area contributed by atoms with E-state index in [1.807, 2.05) is 0 Å². The van der Waals surface area contributed by atoms with Gasteiger partial charge in [-0.2, -0.15) is 23.3 Å². The van der Waals surface area contributed by atoms with Crippen LogP contribution in [-0.2, 0) is 24.2 Å². The van der Waals surface area contributed by atoms with Crippen molar-refractivity contribution in [3.05, 3.63) is 47.6 Å². The molecule has 2 rings (SSSR count). The molecule has 3 heteroatoms. The predicted octanol–water partition coefficient (Wildman–Crippen LogP) is 6.49. The van der Waals surface area contributed by atoms with Crippen LogP contribution in [0.25, 0.3) is 0 Å². The Balaban J connectivity index is -0.000000283. The van der Waals surface area contributed by atoms with Crippen LogP contribution in [0.2, 0.25) is 0 Å². The van der Waals surface area contributed by atoms with E-state index in [0.717, 1.165) is 12.8 Å². The minimum absolute atomic E-state index is 0. The van der Waals surface area contributed by atoms with Gasteiger partial charge in [0.05, 0.1) is 0 Å². The summed E-state index contributed by atoms with van der Waals surface area (Å²) in [6.07, 6.45) is 17.0. The number of halogens is 2. The van der Waals surface area contributed by atoms with Gasteiger partial charge >= 0.3 is 41.3 Å². The van der Waals surface area contributed by atoms with Crippen molar-refractivity contribution < 1.29 is 33.6 Å². The summed E-state index contributed by atoms with van der Waals surface area (Å²) in [7, 11) is 0. The van der Waals surface area contributed by atoms with Gasteiger partial charge in [-0.05, 0) is 0 Å². The van der Waals surface area contributed by atoms with Crippen molar-refractivity contribution in [3.63, 3.8) is 0 Å². The van der Waals surface area contributed by atoms with E-state index >= 15 is 0 Å². The van der Waals surface area contributed by atoms with Crippen LogP contribution in [0.1, 0.15) is 68.2 Å². The first-order valence-electron chi connectivity index (χ1n) is 8.01. The van der Waals surface area contributed by atoms with E-state index in [2.05, 4.69) is 91.8 Å². The van der Waals surface area contributed by atoms with Gasteiger partial charge < -0.3 is 0 Å². The van der Waals surface area contributed by atoms with Crippen molar-refractivity contribution in [1.29, 1.82) is 0 Å². The summed E-state index contributed by atoms with van der Waals surface area (Å²) in [6, 6.07) is 0. The van der Waals surface area contributed by atoms with Crippen LogP contribution in [0.3, 0.4) is 0 Å². The Morgan fingerprint density at radius 2 is 1.04 bits per heavy atom. The smallest absolute Gasteiger partial charge is 0.269 e. The van der Waals surface area contributed by atoms with Gasteiger partial charge in [0.2, 0.25) is 0 Å². The van der Waals surface area contributed by atoms with Crippen molar-refractivity contribution in [2.45, 2.75) is 68.2 Å². The Bertz CT molecular complexity index is 437. The molecule has 136 valence electrons. The standard InChI is InChI=1S/2C9H13.C3H6.2FH.Zr/c2*1-9(2,3)8-6-4-5-7-8;1-3-2;;;/h2*6-7H,4H2,1-3H3;1-2H3;2*1H;/q2*-1;;;;+2. The average Bonchev–Trinajstić information content (AvgIpc) is 3.02. The quantitative estimate of drug-likeness (QED) is 0.396. The predicted molar refractivity (Wildman–Crippen MR) is 101 cm³/mol. The summed E-state index contributed by atoms with van der Waals surface area (Å²) in [6.45, 7) is 17.6. The first-order chi connectivity index (χ1) is 9.94. The molecule has 0 amide bonds. The van der Waals surface area contributed by atoms with Crippen LogP contribution < -0.4 is 0 Å². The maximum atomic E-state index is 3.16. The van der Waals surface area contributed by atoms with E-state index in [1.165, 1.54) is 14.4 Å². The van der Waals surface area contributed by atoms with Gasteiger partial charge in [-0.25, -0.2) is 12.2 Å². The Kier molecular flexibility index (Phi) is 15.2. The molecule has 0 heterocycles. The van der Waals surface area contributed by atoms with Crippen LogP contribution in [-0.4, -0.2) is 3.21 Å². The third kappa shape index (κ3) is 14.0. The summed E-state index contributed by atoms with van der Waals surface area (Å²) < 4.78 is 1.51. The zero-order valence-electron chi connectivity index (χ0n) is 16.5. The molecule has 0 spiro atoms. The molecular weight excluding hydrogens is 381 g/mol. The molecule has 2 aliphatic carbocycles. The topological polar surface area (TPSA) is 0 Å². The molecule has 0 radical (unpaired) electrons. The van der Waals surface area contributed by atoms with Crippen molar-refractivity contribution >= 4 is 3.21 Å². The molecule has 0 aromatic rings. The van der Waals surface area contributed by atoms with Gasteiger partial charge in [0.1, 0.15) is 0 Å². The first-order valence-corrected chi connectivity index (χ1v) is 9.23. The van der Waals surface area contributed by atoms with Gasteiger partial charge in [-0.3, -0.25) is 21.6 Å². The van der Waals surface area contributed by atoms with Crippen molar-refractivity contribution in [2.24, 2.45) is 10.8 Å². The van der Waals surface area contributed by atoms with E-state index in [1.54, 1.807) is 24.2 Å². The third-order valence-corrected chi connectivity index (χ3v) is 3.13. The molecule has 0 atom stereocenters. The number of allylic oxidation sites excluding steroid dienone is 8. The van der Waals surface area contributed by atoms with Crippen molar-refractivity contribution in [2.75, 3.05) is 0 Å². The summed E-state index contributed by atoms with van der Waals surface area (Å²) in [5.41, 5.74) is 3.48. The van der Waals surface area contributed by atoms with Crippen LogP contribution >= 0.6 is 0 Å². The summed E-state index contributed by atoms with van der Waals surface area (Å²) in [5, 5.41) is 0. The number of hydrogen-bond acceptors (Lipinski definition) is 0. The maximum Gasteiger partial charge on any atom is -0.269 e. The van der Waals surface area contributed by atoms with E-state index in [0.29, 0.717) is 10.8 Å². The van der Waals surface area contributed by atoms with Crippen molar-refractivity contribution in [3.8, 4) is 0 Å². The van der Waals surface area contributed by atoms with E-state index in [4.69, 9.17) is 0 Å². The molecule has 0 nitrogen and oxygen atoms in total. The van der Waals surface area contributed by atoms with Crippen LogP contribution in [0, 0.1) is 23.0 Å². The fourth-order valence-electron chi connectivity index (χ4n) is 1.84. The molecule has 0 aromatic carbocycles. The van der Waals surface area contributed by atoms with E-state index in [9.17, 15) is 0 Å². The summed E-state index contributed by atoms with van der Waals surface area (Å²) in [4.78, 5) is 0. The van der Waals surface area contributed by atoms with Crippen molar-refractivity contribution in [1.82, 2.24) is 0 Å². The van der Waals surface area contributed by atoms with Gasteiger partial charge in [-0.15, -0.1) is 12.8 Å². The van der Waals surface area contributed by atoms with E-state index < -0.39 is 0 Å². The second-order valence-corrected chi connectivity index (χ2v) is 10.4. The Morgan fingerprint density at radius 3 is 1.12 bits per heavy atom. The minimum atomic E-state index is 0. The Morgan fingerprint density at radius 1 is 0.792 bits per heavy atom. The minimum Gasteiger partial charge on any atom is -0.269 e. The SMILES string of the molecule is CC(C)(C)C1=CC[C-]=C1.CC(C)(C)C1=CC[C-]=C1.C[C](C)=[Zr+2].F.F. The third-order valence-electron chi connectivity index (χ3n) is 3.13. The maximum absolute atomic E-state index is 3.16. The second kappa shape index (κ2) is 12.9. The summed E-state index contributed by atoms with van der Waals surface area (Å²) in [5.74, 6) is 0. The molecule has 0 fully saturated rings. The molecule has 0 unspecified atom stereocenters. The molecule has 0 saturated carbocycles. The molecule has 2 aliphatic rings. The molecule has 0 saturated heterocycles. The zero-order valence-corrected chi connectivity index (χ0v) is 19.0. The zero-order chi connectivity index (χ0) is 17.4. The number of rotatable bonds is 0. The first kappa shape index (κ1) is 28.4. The normalized spacial score (nSPS) is 14.9. The van der Waals surface area contributed by atoms with Gasteiger partial charge in [0.15, 0.2) is 0 Å². The van der Waals surface area contributed by atoms with Crippen LogP contribution in [0.15, 0.2) is 35.5 Å². The average molecular weight is 416 g/mol. The molecule has 0 aliphatic heterocycles. The fraction of sp³-hybridized carbons (Fsp3) is 0.571. The van der Waals surface area contributed by atoms with E-state index in [-0.39, 0.29) is 9.41 Å². The van der Waals surface area contributed by atoms with Crippen LogP contribution in [0.4, 0.5) is 9.41 Å². The molecule has 0 aromatic heterocycles. The number of hydrogen-bond donors (Lipinski definition) is 0. The largest absolute Gasteiger partial charge is 0.269 e. The Labute approximate surface area is 163 Å². The van der Waals surface area contributed by atoms with Gasteiger partial charge in [0, 0.05) is 0 Å². The van der Waals surface area contributed by atoms with Gasteiger partial charge in [0.25, 0.3) is 0 Å². The Hall–Kier alpha value is -0.427. The molecule has 24 heavy (non-hydrogen) atoms. The molecular formula is C21H34F2Zr. The second-order valence-electron chi connectivity index (χ2n) is 7.92. The monoisotopic (exact) mass is 414 g/mol. The van der Waals surface area contributed by atoms with Gasteiger partial charge in [-0.1, -0.05) is 52.4 Å². The fourth-order valence-corrected chi connectivity index (χ4v) is 1.84. The molecule has 0 N–H and O–H groups in total. The molecule has 0 bridgehead atoms.